The molecule has 0 aromatic rings. The van der Waals surface area contributed by atoms with Gasteiger partial charge in [0.05, 0.1) is 8.07 Å². The maximum absolute atomic E-state index is 3.71. The van der Waals surface area contributed by atoms with Gasteiger partial charge in [-0.1, -0.05) is 56.1 Å². The van der Waals surface area contributed by atoms with Gasteiger partial charge in [0.1, 0.15) is 0 Å². The summed E-state index contributed by atoms with van der Waals surface area (Å²) >= 11 is 0. The van der Waals surface area contributed by atoms with Crippen LogP contribution in [0.5, 0.6) is 0 Å². The standard InChI is InChI=1S/C19H29Si.2ClH.Zr/c1-8-10-17-11-9-12-18(17)20(6,7)19-15(4)13(2)14(3)16(19)5;;;/h11,15H,8-10H2,1-7H3;2*1H;/q-1;;;+3/p-2. The first kappa shape index (κ1) is 25.9. The van der Waals surface area contributed by atoms with Gasteiger partial charge in [-0.3, -0.25) is 6.08 Å². The second kappa shape index (κ2) is 9.95. The van der Waals surface area contributed by atoms with Crippen LogP contribution in [0.3, 0.4) is 0 Å². The van der Waals surface area contributed by atoms with Crippen LogP contribution in [0.1, 0.15) is 53.9 Å². The second-order valence-corrected chi connectivity index (χ2v) is 11.2. The van der Waals surface area contributed by atoms with Crippen LogP contribution in [0.25, 0.3) is 0 Å². The van der Waals surface area contributed by atoms with Crippen LogP contribution < -0.4 is 24.8 Å². The molecular formula is C19H29Cl2SiZr. The average molecular weight is 448 g/mol. The molecule has 2 rings (SSSR count). The molecule has 0 aliphatic heterocycles. The van der Waals surface area contributed by atoms with Gasteiger partial charge in [0.15, 0.2) is 0 Å². The summed E-state index contributed by atoms with van der Waals surface area (Å²) < 4.78 is 0. The Labute approximate surface area is 175 Å². The zero-order valence-electron chi connectivity index (χ0n) is 15.5. The largest absolute Gasteiger partial charge is 3.00 e. The van der Waals surface area contributed by atoms with Gasteiger partial charge in [0.2, 0.25) is 0 Å². The van der Waals surface area contributed by atoms with Crippen molar-refractivity contribution in [3.8, 4) is 0 Å². The molecule has 23 heavy (non-hydrogen) atoms. The van der Waals surface area contributed by atoms with Crippen molar-refractivity contribution in [2.24, 2.45) is 5.92 Å². The van der Waals surface area contributed by atoms with Crippen LogP contribution in [0.2, 0.25) is 13.1 Å². The van der Waals surface area contributed by atoms with Crippen molar-refractivity contribution in [1.29, 1.82) is 0 Å². The third kappa shape index (κ3) is 4.63. The summed E-state index contributed by atoms with van der Waals surface area (Å²) in [6.45, 7) is 16.7. The van der Waals surface area contributed by atoms with E-state index in [2.05, 4.69) is 59.9 Å². The molecule has 2 aliphatic rings. The zero-order chi connectivity index (χ0) is 15.1. The Morgan fingerprint density at radius 3 is 2.13 bits per heavy atom. The summed E-state index contributed by atoms with van der Waals surface area (Å²) in [7, 11) is -1.57. The Morgan fingerprint density at radius 2 is 1.70 bits per heavy atom. The molecule has 2 aliphatic carbocycles. The molecule has 0 aromatic heterocycles. The molecule has 0 aromatic carbocycles. The summed E-state index contributed by atoms with van der Waals surface area (Å²) in [5, 5.41) is 3.35. The fourth-order valence-electron chi connectivity index (χ4n) is 4.12. The molecule has 0 saturated heterocycles. The minimum atomic E-state index is -1.57. The van der Waals surface area contributed by atoms with Crippen molar-refractivity contribution in [2.75, 3.05) is 0 Å². The van der Waals surface area contributed by atoms with Gasteiger partial charge in [-0.2, -0.15) is 6.08 Å². The Morgan fingerprint density at radius 1 is 1.13 bits per heavy atom. The van der Waals surface area contributed by atoms with E-state index in [1.165, 1.54) is 18.4 Å². The molecule has 1 unspecified atom stereocenters. The van der Waals surface area contributed by atoms with Crippen molar-refractivity contribution in [3.63, 3.8) is 0 Å². The van der Waals surface area contributed by atoms with Crippen LogP contribution >= 0.6 is 0 Å². The van der Waals surface area contributed by atoms with E-state index in [1.807, 2.05) is 0 Å². The Hall–Kier alpha value is 0.640. The number of rotatable bonds is 4. The van der Waals surface area contributed by atoms with Gasteiger partial charge in [0, 0.05) is 0 Å². The van der Waals surface area contributed by atoms with Gasteiger partial charge in [-0.25, -0.2) is 10.8 Å². The predicted octanol–water partition coefficient (Wildman–Crippen LogP) is -0.0589. The summed E-state index contributed by atoms with van der Waals surface area (Å²) in [6.07, 6.45) is 9.63. The number of allylic oxidation sites excluding steroid dienone is 8. The van der Waals surface area contributed by atoms with E-state index < -0.39 is 8.07 Å². The van der Waals surface area contributed by atoms with Gasteiger partial charge in [-0.05, 0) is 32.3 Å². The van der Waals surface area contributed by atoms with E-state index in [-0.39, 0.29) is 51.0 Å². The van der Waals surface area contributed by atoms with E-state index in [0.29, 0.717) is 5.92 Å². The quantitative estimate of drug-likeness (QED) is 0.419. The zero-order valence-corrected chi connectivity index (χ0v) is 20.5. The maximum atomic E-state index is 3.71. The topological polar surface area (TPSA) is 0 Å². The molecule has 0 saturated carbocycles. The summed E-state index contributed by atoms with van der Waals surface area (Å²) in [5.74, 6) is 0.634. The van der Waals surface area contributed by atoms with E-state index in [1.54, 1.807) is 27.1 Å². The van der Waals surface area contributed by atoms with Crippen molar-refractivity contribution < 1.29 is 51.0 Å². The average Bonchev–Trinajstić information content (AvgIpc) is 2.92. The Balaban J connectivity index is 0. The molecule has 1 atom stereocenters. The Kier molecular flexibility index (Phi) is 11.2. The first-order chi connectivity index (χ1) is 9.32. The van der Waals surface area contributed by atoms with Gasteiger partial charge in [0.25, 0.3) is 0 Å². The van der Waals surface area contributed by atoms with Crippen molar-refractivity contribution in [2.45, 2.75) is 67.0 Å². The molecule has 4 heteroatoms. The second-order valence-electron chi connectivity index (χ2n) is 6.93. The molecule has 0 heterocycles. The first-order valence-corrected chi connectivity index (χ1v) is 11.0. The molecule has 0 amide bonds. The monoisotopic (exact) mass is 445 g/mol. The van der Waals surface area contributed by atoms with Crippen LogP contribution in [0, 0.1) is 12.0 Å². The smallest absolute Gasteiger partial charge is 1.00 e. The van der Waals surface area contributed by atoms with Gasteiger partial charge < -0.3 is 24.8 Å². The Bertz CT molecular complexity index is 554. The molecular weight excluding hydrogens is 418 g/mol. The van der Waals surface area contributed by atoms with Gasteiger partial charge >= 0.3 is 26.2 Å². The number of hydrogen-bond acceptors (Lipinski definition) is 0. The minimum absolute atomic E-state index is 0. The van der Waals surface area contributed by atoms with Crippen LogP contribution in [-0.4, -0.2) is 8.07 Å². The summed E-state index contributed by atoms with van der Waals surface area (Å²) in [4.78, 5) is 0. The molecule has 1 radical (unpaired) electrons. The normalized spacial score (nSPS) is 20.6. The molecule has 0 spiro atoms. The molecule has 0 fully saturated rings. The molecule has 127 valence electrons. The molecule has 0 nitrogen and oxygen atoms in total. The van der Waals surface area contributed by atoms with E-state index in [0.717, 1.165) is 6.42 Å². The first-order valence-electron chi connectivity index (χ1n) is 8.02. The third-order valence-electron chi connectivity index (χ3n) is 5.41. The van der Waals surface area contributed by atoms with E-state index in [9.17, 15) is 0 Å². The number of halogens is 2. The van der Waals surface area contributed by atoms with E-state index >= 15 is 0 Å². The summed E-state index contributed by atoms with van der Waals surface area (Å²) in [5.41, 5.74) is 6.29. The summed E-state index contributed by atoms with van der Waals surface area (Å²) in [6, 6.07) is 0. The van der Waals surface area contributed by atoms with Crippen LogP contribution in [0.4, 0.5) is 0 Å². The molecule has 0 bridgehead atoms. The van der Waals surface area contributed by atoms with E-state index in [4.69, 9.17) is 0 Å². The minimum Gasteiger partial charge on any atom is -1.00 e. The van der Waals surface area contributed by atoms with Crippen molar-refractivity contribution in [1.82, 2.24) is 0 Å². The third-order valence-corrected chi connectivity index (χ3v) is 9.31. The fourth-order valence-corrected chi connectivity index (χ4v) is 8.39. The van der Waals surface area contributed by atoms with Crippen LogP contribution in [0.15, 0.2) is 38.8 Å². The molecule has 0 N–H and O–H groups in total. The predicted molar refractivity (Wildman–Crippen MR) is 92.1 cm³/mol. The fraction of sp³-hybridized carbons (Fsp3) is 0.579. The van der Waals surface area contributed by atoms with Gasteiger partial charge in [-0.15, -0.1) is 6.42 Å². The number of hydrogen-bond donors (Lipinski definition) is 0. The van der Waals surface area contributed by atoms with Crippen LogP contribution in [-0.2, 0) is 26.2 Å². The van der Waals surface area contributed by atoms with Crippen molar-refractivity contribution >= 4 is 8.07 Å². The SMILES string of the molecule is CCCC1=CC[C-]=C1[Si](C)(C)C1=C(C)C(C)=C(C)C1C.[Cl-].[Cl-].[Zr+3]. The van der Waals surface area contributed by atoms with Crippen molar-refractivity contribution in [3.05, 3.63) is 44.8 Å². The maximum Gasteiger partial charge on any atom is 3.00 e.